The Morgan fingerprint density at radius 3 is 2.77 bits per heavy atom. The van der Waals surface area contributed by atoms with Crippen molar-refractivity contribution in [2.45, 2.75) is 44.6 Å². The summed E-state index contributed by atoms with van der Waals surface area (Å²) in [7, 11) is 1.75. The van der Waals surface area contributed by atoms with Gasteiger partial charge in [0.05, 0.1) is 10.9 Å². The standard InChI is InChI=1S/C16H20N4O2/c1-8(9-3-4-9)17-15(21)11-7-12(10-5-6-10)18-14-13(11)16(22)19-20(14)2/h7-10H,3-6H2,1-2H3,(H,17,21)(H,19,22)/t8-/m1/s1. The molecule has 6 heteroatoms. The third kappa shape index (κ3) is 2.23. The lowest BCUT2D eigenvalue weighted by atomic mass is 10.1. The summed E-state index contributed by atoms with van der Waals surface area (Å²) in [4.78, 5) is 29.4. The van der Waals surface area contributed by atoms with Crippen molar-refractivity contribution in [3.8, 4) is 0 Å². The number of rotatable bonds is 4. The first kappa shape index (κ1) is 13.5. The van der Waals surface area contributed by atoms with E-state index < -0.39 is 0 Å². The predicted molar refractivity (Wildman–Crippen MR) is 83.0 cm³/mol. The first-order valence-electron chi connectivity index (χ1n) is 7.95. The molecule has 2 saturated carbocycles. The van der Waals surface area contributed by atoms with E-state index in [-0.39, 0.29) is 17.5 Å². The topological polar surface area (TPSA) is 79.8 Å². The Morgan fingerprint density at radius 1 is 1.41 bits per heavy atom. The molecule has 2 fully saturated rings. The lowest BCUT2D eigenvalue weighted by Crippen LogP contribution is -2.34. The summed E-state index contributed by atoms with van der Waals surface area (Å²) >= 11 is 0. The number of fused-ring (bicyclic) bond motifs is 1. The fourth-order valence-electron chi connectivity index (χ4n) is 3.04. The van der Waals surface area contributed by atoms with Crippen LogP contribution in [0.1, 0.15) is 54.6 Å². The van der Waals surface area contributed by atoms with E-state index in [1.54, 1.807) is 11.7 Å². The molecule has 2 N–H and O–H groups in total. The van der Waals surface area contributed by atoms with Crippen LogP contribution in [0, 0.1) is 5.92 Å². The number of carbonyl (C=O) groups is 1. The van der Waals surface area contributed by atoms with Crippen LogP contribution < -0.4 is 10.9 Å². The second kappa shape index (κ2) is 4.69. The van der Waals surface area contributed by atoms with Gasteiger partial charge in [0.1, 0.15) is 0 Å². The molecular weight excluding hydrogens is 280 g/mol. The zero-order valence-corrected chi connectivity index (χ0v) is 12.8. The monoisotopic (exact) mass is 300 g/mol. The van der Waals surface area contributed by atoms with Crippen LogP contribution in [0.5, 0.6) is 0 Å². The van der Waals surface area contributed by atoms with Crippen LogP contribution in [-0.4, -0.2) is 26.7 Å². The molecule has 2 aromatic heterocycles. The van der Waals surface area contributed by atoms with E-state index in [0.717, 1.165) is 18.5 Å². The number of nitrogens with one attached hydrogen (secondary N) is 2. The van der Waals surface area contributed by atoms with Gasteiger partial charge >= 0.3 is 0 Å². The molecule has 1 atom stereocenters. The predicted octanol–water partition coefficient (Wildman–Crippen LogP) is 1.67. The summed E-state index contributed by atoms with van der Waals surface area (Å²) < 4.78 is 1.60. The molecule has 0 radical (unpaired) electrons. The minimum Gasteiger partial charge on any atom is -0.349 e. The number of hydrogen-bond acceptors (Lipinski definition) is 3. The number of H-pyrrole nitrogens is 1. The number of aryl methyl sites for hydroxylation is 1. The number of hydrogen-bond donors (Lipinski definition) is 2. The maximum atomic E-state index is 12.7. The van der Waals surface area contributed by atoms with E-state index in [9.17, 15) is 9.59 Å². The highest BCUT2D eigenvalue weighted by Gasteiger charge is 2.31. The molecule has 4 rings (SSSR count). The number of aromatic amines is 1. The minimum atomic E-state index is -0.253. The molecule has 2 heterocycles. The Labute approximate surface area is 127 Å². The normalized spacial score (nSPS) is 19.4. The van der Waals surface area contributed by atoms with Gasteiger partial charge in [0, 0.05) is 24.7 Å². The third-order valence-electron chi connectivity index (χ3n) is 4.76. The highest BCUT2D eigenvalue weighted by molar-refractivity contribution is 6.05. The Hall–Kier alpha value is -2.11. The van der Waals surface area contributed by atoms with Crippen LogP contribution in [0.3, 0.4) is 0 Å². The van der Waals surface area contributed by atoms with Crippen LogP contribution >= 0.6 is 0 Å². The molecule has 0 saturated heterocycles. The van der Waals surface area contributed by atoms with Crippen molar-refractivity contribution in [1.82, 2.24) is 20.1 Å². The lowest BCUT2D eigenvalue weighted by Gasteiger charge is -2.13. The van der Waals surface area contributed by atoms with E-state index in [4.69, 9.17) is 0 Å². The van der Waals surface area contributed by atoms with Gasteiger partial charge in [-0.15, -0.1) is 0 Å². The number of amides is 1. The first-order valence-corrected chi connectivity index (χ1v) is 7.95. The molecule has 2 aliphatic carbocycles. The summed E-state index contributed by atoms with van der Waals surface area (Å²) in [6, 6.07) is 1.97. The molecule has 0 aromatic carbocycles. The highest BCUT2D eigenvalue weighted by atomic mass is 16.2. The molecule has 0 unspecified atom stereocenters. The second-order valence-corrected chi connectivity index (χ2v) is 6.67. The maximum Gasteiger partial charge on any atom is 0.274 e. The largest absolute Gasteiger partial charge is 0.349 e. The third-order valence-corrected chi connectivity index (χ3v) is 4.76. The molecule has 6 nitrogen and oxygen atoms in total. The van der Waals surface area contributed by atoms with Crippen molar-refractivity contribution in [2.75, 3.05) is 0 Å². The van der Waals surface area contributed by atoms with Crippen molar-refractivity contribution in [3.63, 3.8) is 0 Å². The van der Waals surface area contributed by atoms with E-state index in [1.165, 1.54) is 12.8 Å². The van der Waals surface area contributed by atoms with E-state index in [1.807, 2.05) is 13.0 Å². The van der Waals surface area contributed by atoms with Crippen LogP contribution in [0.15, 0.2) is 10.9 Å². The molecule has 1 amide bonds. The van der Waals surface area contributed by atoms with E-state index in [2.05, 4.69) is 15.4 Å². The van der Waals surface area contributed by atoms with E-state index >= 15 is 0 Å². The van der Waals surface area contributed by atoms with Gasteiger partial charge in [0.15, 0.2) is 5.65 Å². The van der Waals surface area contributed by atoms with Gasteiger partial charge < -0.3 is 5.32 Å². The van der Waals surface area contributed by atoms with Crippen molar-refractivity contribution >= 4 is 16.9 Å². The maximum absolute atomic E-state index is 12.7. The lowest BCUT2D eigenvalue weighted by molar-refractivity contribution is 0.0937. The summed E-state index contributed by atoms with van der Waals surface area (Å²) in [5.41, 5.74) is 1.70. The van der Waals surface area contributed by atoms with E-state index in [0.29, 0.717) is 28.4 Å². The van der Waals surface area contributed by atoms with Crippen LogP contribution in [0.25, 0.3) is 11.0 Å². The van der Waals surface area contributed by atoms with Gasteiger partial charge in [-0.25, -0.2) is 4.98 Å². The Morgan fingerprint density at radius 2 is 2.14 bits per heavy atom. The smallest absolute Gasteiger partial charge is 0.274 e. The van der Waals surface area contributed by atoms with Gasteiger partial charge in [-0.3, -0.25) is 19.4 Å². The van der Waals surface area contributed by atoms with Gasteiger partial charge in [-0.05, 0) is 44.6 Å². The van der Waals surface area contributed by atoms with Gasteiger partial charge in [0.25, 0.3) is 11.5 Å². The molecule has 2 aliphatic rings. The molecule has 0 spiro atoms. The summed E-state index contributed by atoms with van der Waals surface area (Å²) in [5, 5.41) is 6.14. The zero-order chi connectivity index (χ0) is 15.4. The van der Waals surface area contributed by atoms with Crippen LogP contribution in [0.4, 0.5) is 0 Å². The fraction of sp³-hybridized carbons (Fsp3) is 0.562. The molecule has 2 aromatic rings. The number of nitrogens with zero attached hydrogens (tertiary/aromatic N) is 2. The Balaban J connectivity index is 1.79. The average Bonchev–Trinajstić information content (AvgIpc) is 3.38. The quantitative estimate of drug-likeness (QED) is 0.901. The zero-order valence-electron chi connectivity index (χ0n) is 12.8. The molecular formula is C16H20N4O2. The van der Waals surface area contributed by atoms with Gasteiger partial charge in [-0.2, -0.15) is 0 Å². The summed E-state index contributed by atoms with van der Waals surface area (Å²) in [5.74, 6) is 0.852. The number of carbonyl (C=O) groups excluding carboxylic acids is 1. The fourth-order valence-corrected chi connectivity index (χ4v) is 3.04. The molecule has 22 heavy (non-hydrogen) atoms. The molecule has 116 valence electrons. The average molecular weight is 300 g/mol. The highest BCUT2D eigenvalue weighted by Crippen LogP contribution is 2.40. The summed E-state index contributed by atoms with van der Waals surface area (Å²) in [6.07, 6.45) is 4.56. The minimum absolute atomic E-state index is 0.155. The van der Waals surface area contributed by atoms with Crippen molar-refractivity contribution in [2.24, 2.45) is 13.0 Å². The van der Waals surface area contributed by atoms with Crippen molar-refractivity contribution in [1.29, 1.82) is 0 Å². The Bertz CT molecular complexity index is 811. The van der Waals surface area contributed by atoms with Crippen molar-refractivity contribution < 1.29 is 4.79 Å². The SMILES string of the molecule is C[C@@H](NC(=O)c1cc(C2CC2)nc2c1c(=O)[nH]n2C)C1CC1. The molecule has 0 bridgehead atoms. The Kier molecular flexibility index (Phi) is 2.89. The number of pyridine rings is 1. The van der Waals surface area contributed by atoms with Crippen LogP contribution in [0.2, 0.25) is 0 Å². The van der Waals surface area contributed by atoms with Crippen LogP contribution in [-0.2, 0) is 7.05 Å². The summed E-state index contributed by atoms with van der Waals surface area (Å²) in [6.45, 7) is 2.03. The van der Waals surface area contributed by atoms with Gasteiger partial charge in [0.2, 0.25) is 0 Å². The first-order chi connectivity index (χ1) is 10.5. The van der Waals surface area contributed by atoms with Crippen molar-refractivity contribution in [3.05, 3.63) is 27.7 Å². The number of aromatic nitrogens is 3. The second-order valence-electron chi connectivity index (χ2n) is 6.67. The van der Waals surface area contributed by atoms with Gasteiger partial charge in [-0.1, -0.05) is 0 Å². The molecule has 0 aliphatic heterocycles.